The molecule has 0 aromatic rings. The molecule has 0 aromatic heterocycles. The van der Waals surface area contributed by atoms with Gasteiger partial charge >= 0.3 is 0 Å². The van der Waals surface area contributed by atoms with Crippen molar-refractivity contribution in [1.29, 1.82) is 0 Å². The van der Waals surface area contributed by atoms with E-state index in [0.717, 1.165) is 18.9 Å². The lowest BCUT2D eigenvalue weighted by Gasteiger charge is -2.05. The fourth-order valence-corrected chi connectivity index (χ4v) is 1.30. The van der Waals surface area contributed by atoms with Gasteiger partial charge in [0.05, 0.1) is 0 Å². The Morgan fingerprint density at radius 3 is 2.62 bits per heavy atom. The van der Waals surface area contributed by atoms with E-state index in [4.69, 9.17) is 0 Å². The maximum absolute atomic E-state index is 11.0. The molecule has 0 aliphatic rings. The molecule has 13 heavy (non-hydrogen) atoms. The Morgan fingerprint density at radius 2 is 2.08 bits per heavy atom. The summed E-state index contributed by atoms with van der Waals surface area (Å²) in [5, 5.41) is 2.87. The third-order valence-electron chi connectivity index (χ3n) is 1.87. The molecule has 0 aliphatic heterocycles. The van der Waals surface area contributed by atoms with Crippen LogP contribution in [0.5, 0.6) is 0 Å². The second kappa shape index (κ2) is 8.42. The number of unbranched alkanes of at least 4 members (excludes halogenated alkanes) is 1. The van der Waals surface area contributed by atoms with Gasteiger partial charge in [-0.25, -0.2) is 0 Å². The standard InChI is InChI=1S/C10H21NOS/c1-9(2)5-3-4-7-11-10(12)6-8-13/h9,13H,3-8H2,1-2H3,(H,11,12). The van der Waals surface area contributed by atoms with E-state index in [2.05, 4.69) is 31.8 Å². The Hall–Kier alpha value is -0.180. The van der Waals surface area contributed by atoms with Gasteiger partial charge in [-0.2, -0.15) is 12.6 Å². The van der Waals surface area contributed by atoms with Crippen LogP contribution in [0.15, 0.2) is 0 Å². The van der Waals surface area contributed by atoms with Gasteiger partial charge in [0.15, 0.2) is 0 Å². The number of carbonyl (C=O) groups is 1. The molecule has 3 heteroatoms. The molecule has 0 aromatic carbocycles. The van der Waals surface area contributed by atoms with Gasteiger partial charge in [-0.15, -0.1) is 0 Å². The molecule has 78 valence electrons. The molecule has 0 bridgehead atoms. The van der Waals surface area contributed by atoms with Crippen LogP contribution < -0.4 is 5.32 Å². The Kier molecular flexibility index (Phi) is 8.30. The maximum Gasteiger partial charge on any atom is 0.220 e. The molecule has 0 rings (SSSR count). The van der Waals surface area contributed by atoms with E-state index in [0.29, 0.717) is 12.2 Å². The average molecular weight is 203 g/mol. The first-order chi connectivity index (χ1) is 6.16. The smallest absolute Gasteiger partial charge is 0.220 e. The highest BCUT2D eigenvalue weighted by Crippen LogP contribution is 2.04. The van der Waals surface area contributed by atoms with Crippen LogP contribution in [0.1, 0.15) is 39.5 Å². The van der Waals surface area contributed by atoms with Crippen molar-refractivity contribution >= 4 is 18.5 Å². The molecule has 0 atom stereocenters. The molecule has 0 saturated heterocycles. The van der Waals surface area contributed by atoms with E-state index in [1.54, 1.807) is 0 Å². The van der Waals surface area contributed by atoms with Gasteiger partial charge < -0.3 is 5.32 Å². The van der Waals surface area contributed by atoms with Gasteiger partial charge in [-0.1, -0.05) is 26.7 Å². The van der Waals surface area contributed by atoms with Crippen molar-refractivity contribution < 1.29 is 4.79 Å². The zero-order chi connectivity index (χ0) is 10.1. The number of rotatable bonds is 7. The fraction of sp³-hybridized carbons (Fsp3) is 0.900. The number of hydrogen-bond donors (Lipinski definition) is 2. The van der Waals surface area contributed by atoms with Gasteiger partial charge in [0.1, 0.15) is 0 Å². The minimum Gasteiger partial charge on any atom is -0.356 e. The van der Waals surface area contributed by atoms with Gasteiger partial charge in [0.2, 0.25) is 5.91 Å². The maximum atomic E-state index is 11.0. The molecule has 2 nitrogen and oxygen atoms in total. The van der Waals surface area contributed by atoms with Crippen molar-refractivity contribution in [1.82, 2.24) is 5.32 Å². The number of amides is 1. The molecule has 0 spiro atoms. The summed E-state index contributed by atoms with van der Waals surface area (Å²) in [6, 6.07) is 0. The molecule has 0 fully saturated rings. The molecule has 0 heterocycles. The van der Waals surface area contributed by atoms with Crippen LogP contribution in [0.4, 0.5) is 0 Å². The first kappa shape index (κ1) is 12.8. The van der Waals surface area contributed by atoms with Crippen LogP contribution in [0, 0.1) is 5.92 Å². The summed E-state index contributed by atoms with van der Waals surface area (Å²) in [5.74, 6) is 1.53. The van der Waals surface area contributed by atoms with Gasteiger partial charge in [0.25, 0.3) is 0 Å². The van der Waals surface area contributed by atoms with Gasteiger partial charge in [0, 0.05) is 13.0 Å². The van der Waals surface area contributed by atoms with Crippen LogP contribution in [-0.2, 0) is 4.79 Å². The summed E-state index contributed by atoms with van der Waals surface area (Å²) in [6.07, 6.45) is 4.09. The van der Waals surface area contributed by atoms with Gasteiger partial charge in [-0.3, -0.25) is 4.79 Å². The highest BCUT2D eigenvalue weighted by atomic mass is 32.1. The predicted molar refractivity (Wildman–Crippen MR) is 60.2 cm³/mol. The Morgan fingerprint density at radius 1 is 1.38 bits per heavy atom. The molecule has 0 unspecified atom stereocenters. The largest absolute Gasteiger partial charge is 0.356 e. The summed E-state index contributed by atoms with van der Waals surface area (Å²) in [5.41, 5.74) is 0. The van der Waals surface area contributed by atoms with Crippen molar-refractivity contribution in [2.45, 2.75) is 39.5 Å². The second-order valence-corrected chi connectivity index (χ2v) is 4.16. The predicted octanol–water partition coefficient (Wildman–Crippen LogP) is 2.25. The summed E-state index contributed by atoms with van der Waals surface area (Å²) in [7, 11) is 0. The number of carbonyl (C=O) groups excluding carboxylic acids is 1. The third-order valence-corrected chi connectivity index (χ3v) is 2.09. The Labute approximate surface area is 86.9 Å². The van der Waals surface area contributed by atoms with Crippen molar-refractivity contribution in [3.8, 4) is 0 Å². The molecule has 1 N–H and O–H groups in total. The van der Waals surface area contributed by atoms with E-state index < -0.39 is 0 Å². The third kappa shape index (κ3) is 9.74. The lowest BCUT2D eigenvalue weighted by Crippen LogP contribution is -2.24. The van der Waals surface area contributed by atoms with Crippen molar-refractivity contribution in [2.75, 3.05) is 12.3 Å². The van der Waals surface area contributed by atoms with Crippen LogP contribution in [-0.4, -0.2) is 18.2 Å². The minimum atomic E-state index is 0.125. The van der Waals surface area contributed by atoms with Crippen LogP contribution in [0.25, 0.3) is 0 Å². The summed E-state index contributed by atoms with van der Waals surface area (Å²) in [4.78, 5) is 11.0. The molecular formula is C10H21NOS. The molecule has 0 aliphatic carbocycles. The lowest BCUT2D eigenvalue weighted by molar-refractivity contribution is -0.120. The highest BCUT2D eigenvalue weighted by molar-refractivity contribution is 7.80. The monoisotopic (exact) mass is 203 g/mol. The highest BCUT2D eigenvalue weighted by Gasteiger charge is 1.98. The SMILES string of the molecule is CC(C)CCCCNC(=O)CCS. The molecular weight excluding hydrogens is 182 g/mol. The van der Waals surface area contributed by atoms with Crippen LogP contribution in [0.2, 0.25) is 0 Å². The quantitative estimate of drug-likeness (QED) is 0.482. The van der Waals surface area contributed by atoms with E-state index in [9.17, 15) is 4.79 Å². The van der Waals surface area contributed by atoms with Gasteiger partial charge in [-0.05, 0) is 18.1 Å². The molecule has 0 radical (unpaired) electrons. The van der Waals surface area contributed by atoms with Crippen molar-refractivity contribution in [3.63, 3.8) is 0 Å². The first-order valence-corrected chi connectivity index (χ1v) is 5.67. The fourth-order valence-electron chi connectivity index (χ4n) is 1.10. The van der Waals surface area contributed by atoms with E-state index >= 15 is 0 Å². The second-order valence-electron chi connectivity index (χ2n) is 3.71. The zero-order valence-electron chi connectivity index (χ0n) is 8.68. The topological polar surface area (TPSA) is 29.1 Å². The summed E-state index contributed by atoms with van der Waals surface area (Å²) >= 11 is 3.99. The molecule has 0 saturated carbocycles. The summed E-state index contributed by atoms with van der Waals surface area (Å²) < 4.78 is 0. The first-order valence-electron chi connectivity index (χ1n) is 5.04. The number of nitrogens with one attached hydrogen (secondary N) is 1. The Balaban J connectivity index is 3.11. The normalized spacial score (nSPS) is 10.5. The van der Waals surface area contributed by atoms with Crippen molar-refractivity contribution in [3.05, 3.63) is 0 Å². The number of hydrogen-bond acceptors (Lipinski definition) is 2. The zero-order valence-corrected chi connectivity index (χ0v) is 9.57. The van der Waals surface area contributed by atoms with E-state index in [1.165, 1.54) is 12.8 Å². The lowest BCUT2D eigenvalue weighted by atomic mass is 10.1. The van der Waals surface area contributed by atoms with Crippen LogP contribution >= 0.6 is 12.6 Å². The average Bonchev–Trinajstić information content (AvgIpc) is 2.03. The molecule has 1 amide bonds. The van der Waals surface area contributed by atoms with Crippen LogP contribution in [0.3, 0.4) is 0 Å². The Bertz CT molecular complexity index is 137. The minimum absolute atomic E-state index is 0.125. The van der Waals surface area contributed by atoms with Crippen molar-refractivity contribution in [2.24, 2.45) is 5.92 Å². The van der Waals surface area contributed by atoms with E-state index in [1.807, 2.05) is 0 Å². The summed E-state index contributed by atoms with van der Waals surface area (Å²) in [6.45, 7) is 5.26. The number of thiol groups is 1. The van der Waals surface area contributed by atoms with E-state index in [-0.39, 0.29) is 5.91 Å².